The molecule has 2 saturated heterocycles. The third-order valence-corrected chi connectivity index (χ3v) is 6.04. The summed E-state index contributed by atoms with van der Waals surface area (Å²) in [5.41, 5.74) is 0.0997. The molecule has 0 saturated carbocycles. The highest BCUT2D eigenvalue weighted by atomic mass is 16.3. The summed E-state index contributed by atoms with van der Waals surface area (Å²) < 4.78 is 0. The van der Waals surface area contributed by atoms with Crippen LogP contribution in [0.25, 0.3) is 11.0 Å². The number of carbonyl (C=O) groups excluding carboxylic acids is 1. The lowest BCUT2D eigenvalue weighted by atomic mass is 9.82. The van der Waals surface area contributed by atoms with E-state index in [0.717, 1.165) is 16.9 Å². The first-order valence-electron chi connectivity index (χ1n) is 9.22. The highest BCUT2D eigenvalue weighted by molar-refractivity contribution is 5.94. The van der Waals surface area contributed by atoms with Gasteiger partial charge in [0.05, 0.1) is 12.0 Å². The molecule has 2 fully saturated rings. The van der Waals surface area contributed by atoms with Crippen LogP contribution in [0.15, 0.2) is 41.7 Å². The number of rotatable bonds is 3. The van der Waals surface area contributed by atoms with Crippen molar-refractivity contribution in [2.45, 2.75) is 0 Å². The molecule has 3 aromatic rings. The molecule has 0 radical (unpaired) electrons. The fourth-order valence-electron chi connectivity index (χ4n) is 4.59. The molecule has 1 amide bonds. The van der Waals surface area contributed by atoms with Crippen molar-refractivity contribution in [1.29, 1.82) is 0 Å². The van der Waals surface area contributed by atoms with E-state index in [0.29, 0.717) is 26.2 Å². The lowest BCUT2D eigenvalue weighted by Crippen LogP contribution is -2.40. The summed E-state index contributed by atoms with van der Waals surface area (Å²) in [7, 11) is 0. The maximum atomic E-state index is 12.8. The minimum atomic E-state index is -0.426. The first-order chi connectivity index (χ1) is 13.6. The van der Waals surface area contributed by atoms with Crippen molar-refractivity contribution >= 4 is 22.8 Å². The Labute approximate surface area is 160 Å². The Kier molecular flexibility index (Phi) is 3.73. The van der Waals surface area contributed by atoms with Crippen LogP contribution >= 0.6 is 0 Å². The zero-order chi connectivity index (χ0) is 19.3. The summed E-state index contributed by atoms with van der Waals surface area (Å²) in [5.74, 6) is 0.657. The van der Waals surface area contributed by atoms with Crippen molar-refractivity contribution in [1.82, 2.24) is 24.8 Å². The van der Waals surface area contributed by atoms with E-state index >= 15 is 0 Å². The Balaban J connectivity index is 1.41. The molecule has 3 N–H and O–H groups in total. The molecular weight excluding hydrogens is 360 g/mol. The third kappa shape index (κ3) is 2.43. The average Bonchev–Trinajstić information content (AvgIpc) is 3.40. The molecule has 0 aliphatic carbocycles. The summed E-state index contributed by atoms with van der Waals surface area (Å²) in [5, 5.41) is 11.2. The van der Waals surface area contributed by atoms with Crippen molar-refractivity contribution in [3.8, 4) is 0 Å². The lowest BCUT2D eigenvalue weighted by molar-refractivity contribution is 0.0746. The minimum absolute atomic E-state index is 0.0234. The van der Waals surface area contributed by atoms with Crippen LogP contribution in [0.4, 0.5) is 5.82 Å². The second kappa shape index (κ2) is 6.16. The van der Waals surface area contributed by atoms with Crippen LogP contribution in [0.1, 0.15) is 10.4 Å². The van der Waals surface area contributed by atoms with Gasteiger partial charge in [0.1, 0.15) is 23.4 Å². The summed E-state index contributed by atoms with van der Waals surface area (Å²) in [6, 6.07) is 5.13. The van der Waals surface area contributed by atoms with Crippen molar-refractivity contribution < 1.29 is 9.90 Å². The minimum Gasteiger partial charge on any atom is -0.396 e. The fraction of sp³-hybridized carbons (Fsp3) is 0.368. The standard InChI is InChI=1S/C19H20N6O3/c26-10-19-8-24(16-13-3-5-20-15(13)22-11-23-16)6-12(19)7-25(9-19)18(28)14-2-1-4-21-17(14)27/h1-5,11-12,26H,6-10H2,(H,21,27)(H,20,22,23). The number of aromatic amines is 2. The number of hydrogen-bond acceptors (Lipinski definition) is 6. The molecule has 2 aliphatic heterocycles. The fourth-order valence-corrected chi connectivity index (χ4v) is 4.59. The number of anilines is 1. The van der Waals surface area contributed by atoms with Gasteiger partial charge in [0.15, 0.2) is 0 Å². The number of carbonyl (C=O) groups is 1. The predicted molar refractivity (Wildman–Crippen MR) is 102 cm³/mol. The van der Waals surface area contributed by atoms with Gasteiger partial charge in [0.2, 0.25) is 0 Å². The van der Waals surface area contributed by atoms with Gasteiger partial charge in [-0.2, -0.15) is 0 Å². The first-order valence-corrected chi connectivity index (χ1v) is 9.22. The van der Waals surface area contributed by atoms with E-state index in [1.54, 1.807) is 11.0 Å². The Morgan fingerprint density at radius 2 is 2.11 bits per heavy atom. The molecule has 2 atom stereocenters. The van der Waals surface area contributed by atoms with Crippen LogP contribution in [0, 0.1) is 11.3 Å². The molecule has 0 spiro atoms. The van der Waals surface area contributed by atoms with E-state index < -0.39 is 5.41 Å². The normalized spacial score (nSPS) is 24.1. The number of amides is 1. The van der Waals surface area contributed by atoms with Gasteiger partial charge >= 0.3 is 0 Å². The monoisotopic (exact) mass is 380 g/mol. The lowest BCUT2D eigenvalue weighted by Gasteiger charge is -2.27. The van der Waals surface area contributed by atoms with Crippen LogP contribution in [0.5, 0.6) is 0 Å². The molecule has 2 aliphatic rings. The molecule has 5 rings (SSSR count). The highest BCUT2D eigenvalue weighted by Crippen LogP contribution is 2.44. The van der Waals surface area contributed by atoms with Gasteiger partial charge in [0.25, 0.3) is 11.5 Å². The van der Waals surface area contributed by atoms with E-state index in [9.17, 15) is 14.7 Å². The number of nitrogens with one attached hydrogen (secondary N) is 2. The van der Waals surface area contributed by atoms with Crippen LogP contribution in [-0.2, 0) is 0 Å². The molecule has 28 heavy (non-hydrogen) atoms. The van der Waals surface area contributed by atoms with Crippen molar-refractivity contribution in [2.24, 2.45) is 11.3 Å². The summed E-state index contributed by atoms with van der Waals surface area (Å²) in [6.07, 6.45) is 4.87. The highest BCUT2D eigenvalue weighted by Gasteiger charge is 2.53. The van der Waals surface area contributed by atoms with E-state index in [1.165, 1.54) is 18.6 Å². The van der Waals surface area contributed by atoms with Gasteiger partial charge in [-0.25, -0.2) is 9.97 Å². The van der Waals surface area contributed by atoms with Crippen molar-refractivity contribution in [3.05, 3.63) is 52.8 Å². The maximum Gasteiger partial charge on any atom is 0.260 e. The molecule has 9 heteroatoms. The third-order valence-electron chi connectivity index (χ3n) is 6.04. The first kappa shape index (κ1) is 16.9. The number of fused-ring (bicyclic) bond motifs is 2. The SMILES string of the molecule is O=C(c1ccc[nH]c1=O)N1CC2CN(c3ncnc4[nH]ccc34)CC2(CO)C1. The van der Waals surface area contributed by atoms with Crippen LogP contribution in [-0.4, -0.2) is 68.6 Å². The Bertz CT molecular complexity index is 1110. The second-order valence-corrected chi connectivity index (χ2v) is 7.63. The number of pyridine rings is 1. The molecule has 9 nitrogen and oxygen atoms in total. The van der Waals surface area contributed by atoms with Gasteiger partial charge < -0.3 is 24.9 Å². The Hall–Kier alpha value is -3.20. The summed E-state index contributed by atoms with van der Waals surface area (Å²) in [6.45, 7) is 2.18. The van der Waals surface area contributed by atoms with Crippen molar-refractivity contribution in [2.75, 3.05) is 37.7 Å². The molecule has 2 unspecified atom stereocenters. The van der Waals surface area contributed by atoms with Crippen LogP contribution in [0.3, 0.4) is 0 Å². The van der Waals surface area contributed by atoms with Crippen LogP contribution < -0.4 is 10.5 Å². The second-order valence-electron chi connectivity index (χ2n) is 7.63. The molecule has 0 aromatic carbocycles. The number of nitrogens with zero attached hydrogens (tertiary/aromatic N) is 4. The topological polar surface area (TPSA) is 118 Å². The Morgan fingerprint density at radius 3 is 2.89 bits per heavy atom. The Morgan fingerprint density at radius 1 is 1.21 bits per heavy atom. The maximum absolute atomic E-state index is 12.8. The van der Waals surface area contributed by atoms with Gasteiger partial charge in [-0.05, 0) is 18.2 Å². The number of aliphatic hydroxyl groups excluding tert-OH is 1. The average molecular weight is 380 g/mol. The summed E-state index contributed by atoms with van der Waals surface area (Å²) in [4.78, 5) is 43.0. The van der Waals surface area contributed by atoms with E-state index in [-0.39, 0.29) is 29.6 Å². The van der Waals surface area contributed by atoms with Gasteiger partial charge in [-0.15, -0.1) is 0 Å². The predicted octanol–water partition coefficient (Wildman–Crippen LogP) is 0.217. The number of hydrogen-bond donors (Lipinski definition) is 3. The summed E-state index contributed by atoms with van der Waals surface area (Å²) >= 11 is 0. The van der Waals surface area contributed by atoms with Crippen LogP contribution in [0.2, 0.25) is 0 Å². The molecule has 5 heterocycles. The quantitative estimate of drug-likeness (QED) is 0.598. The molecule has 144 valence electrons. The molecule has 0 bridgehead atoms. The largest absolute Gasteiger partial charge is 0.396 e. The van der Waals surface area contributed by atoms with E-state index in [2.05, 4.69) is 24.8 Å². The van der Waals surface area contributed by atoms with Gasteiger partial charge in [-0.1, -0.05) is 0 Å². The molecular formula is C19H20N6O3. The number of aliphatic hydroxyl groups is 1. The van der Waals surface area contributed by atoms with E-state index in [4.69, 9.17) is 0 Å². The van der Waals surface area contributed by atoms with Crippen molar-refractivity contribution in [3.63, 3.8) is 0 Å². The smallest absolute Gasteiger partial charge is 0.260 e. The zero-order valence-electron chi connectivity index (χ0n) is 15.1. The van der Waals surface area contributed by atoms with Gasteiger partial charge in [-0.3, -0.25) is 9.59 Å². The number of H-pyrrole nitrogens is 2. The number of likely N-dealkylation sites (tertiary alicyclic amines) is 1. The van der Waals surface area contributed by atoms with E-state index in [1.807, 2.05) is 12.3 Å². The molecule has 3 aromatic heterocycles. The number of aromatic nitrogens is 4. The zero-order valence-corrected chi connectivity index (χ0v) is 15.1. The van der Waals surface area contributed by atoms with Gasteiger partial charge in [0, 0.05) is 49.9 Å².